The zero-order valence-electron chi connectivity index (χ0n) is 14.6. The summed E-state index contributed by atoms with van der Waals surface area (Å²) >= 11 is -1.29. The lowest BCUT2D eigenvalue weighted by Gasteiger charge is -2.26. The number of pyridine rings is 1. The van der Waals surface area contributed by atoms with Gasteiger partial charge >= 0.3 is 0 Å². The Morgan fingerprint density at radius 3 is 2.46 bits per heavy atom. The van der Waals surface area contributed by atoms with Gasteiger partial charge in [0, 0.05) is 22.6 Å². The largest absolute Gasteiger partial charge is 0.598 e. The van der Waals surface area contributed by atoms with Crippen molar-refractivity contribution in [3.63, 3.8) is 0 Å². The standard InChI is InChI=1S/C18H23FN2O2S/c1-12-6-7-15(11-20-12)23-14-8-9-17(19)16(10-14)13(2)21-24(22)18(3,4)5/h6-11,13,21H,1-5H3. The van der Waals surface area contributed by atoms with E-state index in [4.69, 9.17) is 4.74 Å². The Kier molecular flexibility index (Phi) is 5.85. The maximum absolute atomic E-state index is 14.2. The zero-order chi connectivity index (χ0) is 17.9. The summed E-state index contributed by atoms with van der Waals surface area (Å²) in [5.41, 5.74) is 1.30. The van der Waals surface area contributed by atoms with E-state index in [2.05, 4.69) is 9.71 Å². The number of benzene rings is 1. The second kappa shape index (κ2) is 7.51. The molecule has 0 fully saturated rings. The topological polar surface area (TPSA) is 57.2 Å². The van der Waals surface area contributed by atoms with Crippen molar-refractivity contribution in [1.29, 1.82) is 0 Å². The van der Waals surface area contributed by atoms with Crippen LogP contribution >= 0.6 is 0 Å². The first-order valence-electron chi connectivity index (χ1n) is 7.75. The maximum Gasteiger partial charge on any atom is 0.145 e. The molecule has 1 N–H and O–H groups in total. The van der Waals surface area contributed by atoms with E-state index in [0.29, 0.717) is 17.1 Å². The van der Waals surface area contributed by atoms with E-state index in [9.17, 15) is 8.94 Å². The van der Waals surface area contributed by atoms with Crippen LogP contribution in [0.5, 0.6) is 11.5 Å². The second-order valence-corrected chi connectivity index (χ2v) is 8.64. The minimum absolute atomic E-state index is 0.365. The summed E-state index contributed by atoms with van der Waals surface area (Å²) in [6, 6.07) is 7.77. The third kappa shape index (κ3) is 4.93. The average molecular weight is 350 g/mol. The molecule has 0 aliphatic rings. The summed E-state index contributed by atoms with van der Waals surface area (Å²) in [6.07, 6.45) is 1.62. The van der Waals surface area contributed by atoms with Crippen molar-refractivity contribution in [3.05, 3.63) is 53.6 Å². The number of hydrogen-bond acceptors (Lipinski definition) is 4. The molecule has 2 unspecified atom stereocenters. The van der Waals surface area contributed by atoms with Crippen LogP contribution in [0.2, 0.25) is 0 Å². The molecule has 0 aliphatic heterocycles. The Balaban J connectivity index is 2.17. The lowest BCUT2D eigenvalue weighted by atomic mass is 10.1. The normalized spacial score (nSPS) is 14.3. The van der Waals surface area contributed by atoms with Gasteiger partial charge in [-0.05, 0) is 65.0 Å². The Morgan fingerprint density at radius 2 is 1.88 bits per heavy atom. The molecule has 2 aromatic rings. The highest BCUT2D eigenvalue weighted by atomic mass is 32.2. The first-order chi connectivity index (χ1) is 11.2. The smallest absolute Gasteiger partial charge is 0.145 e. The van der Waals surface area contributed by atoms with Gasteiger partial charge in [0.15, 0.2) is 0 Å². The molecule has 130 valence electrons. The molecule has 1 aromatic heterocycles. The number of rotatable bonds is 5. The van der Waals surface area contributed by atoms with Crippen molar-refractivity contribution >= 4 is 11.4 Å². The van der Waals surface area contributed by atoms with E-state index in [0.717, 1.165) is 5.69 Å². The second-order valence-electron chi connectivity index (χ2n) is 6.64. The monoisotopic (exact) mass is 350 g/mol. The molecule has 0 saturated heterocycles. The Labute approximate surface area is 145 Å². The predicted molar refractivity (Wildman–Crippen MR) is 94.9 cm³/mol. The van der Waals surface area contributed by atoms with Gasteiger partial charge in [-0.15, -0.1) is 4.72 Å². The molecule has 6 heteroatoms. The number of hydrogen-bond donors (Lipinski definition) is 1. The highest BCUT2D eigenvalue weighted by Crippen LogP contribution is 2.28. The highest BCUT2D eigenvalue weighted by Gasteiger charge is 2.29. The van der Waals surface area contributed by atoms with E-state index >= 15 is 0 Å². The molecule has 4 nitrogen and oxygen atoms in total. The fourth-order valence-electron chi connectivity index (χ4n) is 1.97. The van der Waals surface area contributed by atoms with Gasteiger partial charge in [0.25, 0.3) is 0 Å². The van der Waals surface area contributed by atoms with Crippen LogP contribution in [-0.4, -0.2) is 14.3 Å². The molecule has 2 atom stereocenters. The van der Waals surface area contributed by atoms with Gasteiger partial charge in [-0.1, -0.05) is 0 Å². The summed E-state index contributed by atoms with van der Waals surface area (Å²) in [7, 11) is 0. The molecule has 24 heavy (non-hydrogen) atoms. The first kappa shape index (κ1) is 18.7. The summed E-state index contributed by atoms with van der Waals surface area (Å²) in [6.45, 7) is 9.26. The van der Waals surface area contributed by atoms with Crippen LogP contribution in [0.25, 0.3) is 0 Å². The Hall–Kier alpha value is -1.63. The average Bonchev–Trinajstić information content (AvgIpc) is 2.50. The quantitative estimate of drug-likeness (QED) is 0.810. The van der Waals surface area contributed by atoms with Crippen molar-refractivity contribution in [2.45, 2.75) is 45.4 Å². The third-order valence-electron chi connectivity index (χ3n) is 3.39. The van der Waals surface area contributed by atoms with Crippen molar-refractivity contribution in [2.24, 2.45) is 0 Å². The van der Waals surface area contributed by atoms with Gasteiger partial charge in [0.2, 0.25) is 0 Å². The van der Waals surface area contributed by atoms with E-state index in [1.54, 1.807) is 25.3 Å². The van der Waals surface area contributed by atoms with Crippen LogP contribution in [0.15, 0.2) is 36.5 Å². The molecule has 2 rings (SSSR count). The van der Waals surface area contributed by atoms with Crippen LogP contribution in [0.4, 0.5) is 4.39 Å². The van der Waals surface area contributed by atoms with E-state index < -0.39 is 22.2 Å². The zero-order valence-corrected chi connectivity index (χ0v) is 15.4. The fourth-order valence-corrected chi connectivity index (χ4v) is 2.77. The van der Waals surface area contributed by atoms with Crippen LogP contribution in [0, 0.1) is 12.7 Å². The van der Waals surface area contributed by atoms with Gasteiger partial charge in [-0.25, -0.2) is 4.39 Å². The summed E-state index contributed by atoms with van der Waals surface area (Å²) < 4.78 is 34.6. The number of nitrogens with zero attached hydrogens (tertiary/aromatic N) is 1. The predicted octanol–water partition coefficient (Wildman–Crippen LogP) is 4.43. The fraction of sp³-hybridized carbons (Fsp3) is 0.389. The summed E-state index contributed by atoms with van der Waals surface area (Å²) in [5, 5.41) is 0. The summed E-state index contributed by atoms with van der Waals surface area (Å²) in [4.78, 5) is 4.17. The number of aryl methyl sites for hydroxylation is 1. The Morgan fingerprint density at radius 1 is 1.21 bits per heavy atom. The van der Waals surface area contributed by atoms with Crippen LogP contribution < -0.4 is 9.46 Å². The lowest BCUT2D eigenvalue weighted by molar-refractivity contribution is 0.473. The first-order valence-corrected chi connectivity index (χ1v) is 8.90. The molecule has 0 bridgehead atoms. The van der Waals surface area contributed by atoms with Crippen molar-refractivity contribution in [3.8, 4) is 11.5 Å². The van der Waals surface area contributed by atoms with Crippen LogP contribution in [-0.2, 0) is 11.4 Å². The minimum atomic E-state index is -1.29. The molecule has 1 heterocycles. The SMILES string of the molecule is Cc1ccc(Oc2ccc(F)c(C(C)N[S+]([O-])C(C)(C)C)c2)cn1. The van der Waals surface area contributed by atoms with Crippen molar-refractivity contribution in [1.82, 2.24) is 9.71 Å². The van der Waals surface area contributed by atoms with Crippen LogP contribution in [0.3, 0.4) is 0 Å². The van der Waals surface area contributed by atoms with E-state index in [1.807, 2.05) is 39.8 Å². The molecule has 0 amide bonds. The molecular weight excluding hydrogens is 327 g/mol. The van der Waals surface area contributed by atoms with Gasteiger partial charge in [-0.3, -0.25) is 4.98 Å². The Bertz CT molecular complexity index is 686. The lowest BCUT2D eigenvalue weighted by Crippen LogP contribution is -2.40. The molecular formula is C18H23FN2O2S. The van der Waals surface area contributed by atoms with Crippen LogP contribution in [0.1, 0.15) is 45.0 Å². The van der Waals surface area contributed by atoms with Gasteiger partial charge in [-0.2, -0.15) is 0 Å². The molecule has 0 saturated carbocycles. The molecule has 0 aliphatic carbocycles. The minimum Gasteiger partial charge on any atom is -0.598 e. The van der Waals surface area contributed by atoms with Crippen molar-refractivity contribution in [2.75, 3.05) is 0 Å². The maximum atomic E-state index is 14.2. The van der Waals surface area contributed by atoms with E-state index in [-0.39, 0.29) is 5.82 Å². The van der Waals surface area contributed by atoms with Gasteiger partial charge < -0.3 is 9.29 Å². The molecule has 1 aromatic carbocycles. The van der Waals surface area contributed by atoms with Gasteiger partial charge in [0.05, 0.1) is 12.2 Å². The summed E-state index contributed by atoms with van der Waals surface area (Å²) in [5.74, 6) is 0.722. The van der Waals surface area contributed by atoms with Crippen molar-refractivity contribution < 1.29 is 13.7 Å². The number of aromatic nitrogens is 1. The number of nitrogens with one attached hydrogen (secondary N) is 1. The number of halogens is 1. The number of ether oxygens (including phenoxy) is 1. The third-order valence-corrected chi connectivity index (χ3v) is 5.07. The van der Waals surface area contributed by atoms with E-state index in [1.165, 1.54) is 6.07 Å². The molecule has 0 spiro atoms. The highest BCUT2D eigenvalue weighted by molar-refractivity contribution is 7.90. The van der Waals surface area contributed by atoms with Gasteiger partial charge in [0.1, 0.15) is 22.1 Å². The molecule has 0 radical (unpaired) electrons.